The Hall–Kier alpha value is -4.15. The minimum absolute atomic E-state index is 0. The number of benzene rings is 2. The molecule has 2 amide bonds. The number of allylic oxidation sites excluding steroid dienone is 2. The van der Waals surface area contributed by atoms with Gasteiger partial charge in [0, 0.05) is 40.8 Å². The normalized spacial score (nSPS) is 12.9. The summed E-state index contributed by atoms with van der Waals surface area (Å²) < 4.78 is 23.1. The van der Waals surface area contributed by atoms with E-state index in [0.717, 1.165) is 51.3 Å². The Morgan fingerprint density at radius 1 is 0.760 bits per heavy atom. The molecule has 0 unspecified atom stereocenters. The van der Waals surface area contributed by atoms with Crippen LogP contribution in [0.5, 0.6) is 0 Å². The summed E-state index contributed by atoms with van der Waals surface area (Å²) in [5, 5.41) is 32.8. The van der Waals surface area contributed by atoms with Gasteiger partial charge >= 0.3 is 17.1 Å². The molecule has 1 aliphatic carbocycles. The quantitative estimate of drug-likeness (QED) is 0.171. The molecule has 265 valence electrons. The van der Waals surface area contributed by atoms with E-state index < -0.39 is 35.1 Å². The van der Waals surface area contributed by atoms with Gasteiger partial charge in [0.25, 0.3) is 11.8 Å². The molecule has 2 heterocycles. The van der Waals surface area contributed by atoms with Gasteiger partial charge in [-0.05, 0) is 109 Å². The Kier molecular flexibility index (Phi) is 12.6. The van der Waals surface area contributed by atoms with Crippen LogP contribution in [-0.2, 0) is 43.2 Å². The number of carboxylic acids is 2. The topological polar surface area (TPSA) is 202 Å². The number of aryl methyl sites for hydroxylation is 2. The minimum Gasteiger partial charge on any atom is -0.549 e. The number of hydrogen-bond donors (Lipinski definition) is 3. The fourth-order valence-electron chi connectivity index (χ4n) is 5.72. The summed E-state index contributed by atoms with van der Waals surface area (Å²) in [6, 6.07) is 16.1. The first-order chi connectivity index (χ1) is 23.2. The minimum atomic E-state index is -3.84. The summed E-state index contributed by atoms with van der Waals surface area (Å²) in [5.41, 5.74) is 5.87. The van der Waals surface area contributed by atoms with E-state index in [4.69, 9.17) is 5.14 Å². The van der Waals surface area contributed by atoms with Crippen molar-refractivity contribution in [2.24, 2.45) is 5.14 Å². The molecule has 4 N–H and O–H groups in total. The summed E-state index contributed by atoms with van der Waals surface area (Å²) in [5.74, 6) is -3.40. The van der Waals surface area contributed by atoms with Crippen molar-refractivity contribution >= 4 is 79.0 Å². The third kappa shape index (κ3) is 9.54. The Morgan fingerprint density at radius 3 is 1.58 bits per heavy atom. The summed E-state index contributed by atoms with van der Waals surface area (Å²) in [6.07, 6.45) is 2.59. The van der Waals surface area contributed by atoms with E-state index in [1.54, 1.807) is 24.3 Å². The molecule has 0 atom stereocenters. The predicted octanol–water partition coefficient (Wildman–Crippen LogP) is 2.97. The Morgan fingerprint density at radius 2 is 1.18 bits per heavy atom. The summed E-state index contributed by atoms with van der Waals surface area (Å²) in [4.78, 5) is 52.4. The van der Waals surface area contributed by atoms with Crippen LogP contribution in [0.4, 0.5) is 11.4 Å². The smallest absolute Gasteiger partial charge is 0.549 e. The molecular formula is C34H32CuN4O8S3. The van der Waals surface area contributed by atoms with Crippen LogP contribution in [0.25, 0.3) is 11.1 Å². The van der Waals surface area contributed by atoms with Crippen molar-refractivity contribution in [1.82, 2.24) is 4.90 Å². The number of rotatable bonds is 13. The number of sulfonamides is 1. The van der Waals surface area contributed by atoms with E-state index in [2.05, 4.69) is 10.6 Å². The number of amides is 2. The fraction of sp³-hybridized carbons (Fsp3) is 0.235. The van der Waals surface area contributed by atoms with Gasteiger partial charge in [-0.3, -0.25) is 14.5 Å². The number of primary sulfonamides is 1. The van der Waals surface area contributed by atoms with Gasteiger partial charge in [-0.2, -0.15) is 0 Å². The van der Waals surface area contributed by atoms with E-state index in [9.17, 15) is 37.8 Å². The fourth-order valence-corrected chi connectivity index (χ4v) is 8.12. The van der Waals surface area contributed by atoms with Crippen molar-refractivity contribution in [1.29, 1.82) is 0 Å². The van der Waals surface area contributed by atoms with Crippen molar-refractivity contribution in [3.05, 3.63) is 96.9 Å². The van der Waals surface area contributed by atoms with Crippen LogP contribution in [-0.4, -0.2) is 50.2 Å². The monoisotopic (exact) mass is 783 g/mol. The van der Waals surface area contributed by atoms with Crippen LogP contribution < -0.4 is 26.0 Å². The van der Waals surface area contributed by atoms with E-state index in [1.165, 1.54) is 51.8 Å². The van der Waals surface area contributed by atoms with Crippen molar-refractivity contribution in [2.75, 3.05) is 23.7 Å². The molecule has 0 saturated carbocycles. The second-order valence-corrected chi connectivity index (χ2v) is 15.6. The maximum Gasteiger partial charge on any atom is 2.00 e. The molecule has 12 nitrogen and oxygen atoms in total. The first-order valence-corrected chi connectivity index (χ1v) is 18.3. The number of nitrogens with zero attached hydrogens (tertiary/aromatic N) is 1. The van der Waals surface area contributed by atoms with Crippen LogP contribution in [0, 0.1) is 13.8 Å². The number of carboxylic acid groups (broad SMARTS) is 2. The predicted molar refractivity (Wildman–Crippen MR) is 184 cm³/mol. The standard InChI is InChI=1S/C34H34N4O8S3.Cu/c1-19-27(14-29(47-19)33(43)36-22-8-6-21(7-9-22)16-38(17-31(39)40)18-32(41)42)25-4-3-5-26(25)28-15-30(48-20(28)2)34(44)37-23-10-12-24(13-11-23)49(35,45)46;/h6-15H,3-5,16-18H2,1-2H3,(H,36,43)(H,37,44)(H,39,40)(H,41,42)(H2,35,45,46);/q;+2/p-2. The third-order valence-corrected chi connectivity index (χ3v) is 10.9. The van der Waals surface area contributed by atoms with E-state index in [1.807, 2.05) is 26.0 Å². The average molecular weight is 784 g/mol. The Bertz CT molecular complexity index is 2060. The molecule has 1 radical (unpaired) electrons. The van der Waals surface area contributed by atoms with Crippen LogP contribution >= 0.6 is 22.7 Å². The molecule has 0 fully saturated rings. The number of thiophene rings is 2. The Balaban J connectivity index is 0.00000562. The SMILES string of the molecule is Cc1sc(C(=O)Nc2ccc(CN(CC(=O)[O-])CC(=O)[O-])cc2)cc1C1=C(c2cc(C(=O)Nc3ccc(S(N)(=O)=O)cc3)sc2C)CCC1.[Cu+2]. The van der Waals surface area contributed by atoms with Crippen molar-refractivity contribution in [3.8, 4) is 0 Å². The largest absolute Gasteiger partial charge is 2.00 e. The Labute approximate surface area is 307 Å². The van der Waals surface area contributed by atoms with Gasteiger partial charge in [0.2, 0.25) is 10.0 Å². The van der Waals surface area contributed by atoms with Gasteiger partial charge in [0.05, 0.1) is 26.6 Å². The number of nitrogens with one attached hydrogen (secondary N) is 2. The zero-order valence-electron chi connectivity index (χ0n) is 26.8. The first kappa shape index (κ1) is 38.6. The molecule has 16 heteroatoms. The number of carbonyl (C=O) groups excluding carboxylic acids is 4. The maximum absolute atomic E-state index is 13.3. The molecule has 2 aromatic carbocycles. The maximum atomic E-state index is 13.3. The third-order valence-electron chi connectivity index (χ3n) is 7.92. The van der Waals surface area contributed by atoms with Gasteiger partial charge in [0.15, 0.2) is 0 Å². The average Bonchev–Trinajstić information content (AvgIpc) is 3.75. The number of carbonyl (C=O) groups is 4. The molecular weight excluding hydrogens is 752 g/mol. The number of hydrogen-bond acceptors (Lipinski definition) is 11. The summed E-state index contributed by atoms with van der Waals surface area (Å²) >= 11 is 2.76. The van der Waals surface area contributed by atoms with Gasteiger partial charge in [-0.1, -0.05) is 12.1 Å². The van der Waals surface area contributed by atoms with Crippen molar-refractivity contribution in [2.45, 2.75) is 44.6 Å². The summed E-state index contributed by atoms with van der Waals surface area (Å²) in [7, 11) is -3.84. The first-order valence-electron chi connectivity index (χ1n) is 15.1. The molecule has 50 heavy (non-hydrogen) atoms. The number of aliphatic carboxylic acids is 2. The molecule has 0 aliphatic heterocycles. The van der Waals surface area contributed by atoms with E-state index >= 15 is 0 Å². The van der Waals surface area contributed by atoms with Gasteiger partial charge in [-0.15, -0.1) is 22.7 Å². The van der Waals surface area contributed by atoms with Crippen LogP contribution in [0.2, 0.25) is 0 Å². The van der Waals surface area contributed by atoms with E-state index in [-0.39, 0.29) is 40.3 Å². The van der Waals surface area contributed by atoms with E-state index in [0.29, 0.717) is 26.7 Å². The van der Waals surface area contributed by atoms with Crippen molar-refractivity contribution < 1.29 is 54.9 Å². The van der Waals surface area contributed by atoms with Crippen molar-refractivity contribution in [3.63, 3.8) is 0 Å². The van der Waals surface area contributed by atoms with Crippen LogP contribution in [0.1, 0.15) is 65.1 Å². The van der Waals surface area contributed by atoms with Gasteiger partial charge in [-0.25, -0.2) is 13.6 Å². The molecule has 1 aliphatic rings. The number of anilines is 2. The molecule has 5 rings (SSSR count). The zero-order valence-corrected chi connectivity index (χ0v) is 30.2. The van der Waals surface area contributed by atoms with Crippen LogP contribution in [0.3, 0.4) is 0 Å². The molecule has 2 aromatic heterocycles. The second-order valence-electron chi connectivity index (χ2n) is 11.5. The summed E-state index contributed by atoms with van der Waals surface area (Å²) in [6.45, 7) is 2.87. The van der Waals surface area contributed by atoms with Crippen LogP contribution in [0.15, 0.2) is 65.6 Å². The number of nitrogens with two attached hydrogens (primary N) is 1. The molecule has 4 aromatic rings. The molecule has 0 spiro atoms. The molecule has 0 saturated heterocycles. The van der Waals surface area contributed by atoms with Gasteiger partial charge < -0.3 is 30.4 Å². The second kappa shape index (κ2) is 16.2. The zero-order chi connectivity index (χ0) is 35.5. The van der Waals surface area contributed by atoms with Gasteiger partial charge in [0.1, 0.15) is 0 Å². The molecule has 0 bridgehead atoms.